The molecule has 138 valence electrons. The molecule has 0 spiro atoms. The SMILES string of the molecule is CO[C@@H]1COCC[C@H]1NC(=O)c1ccccc1N1CCS(=O)(=O)CC1. The zero-order valence-corrected chi connectivity index (χ0v) is 15.1. The summed E-state index contributed by atoms with van der Waals surface area (Å²) >= 11 is 0. The minimum atomic E-state index is -2.96. The van der Waals surface area contributed by atoms with Gasteiger partial charge >= 0.3 is 0 Å². The Hall–Kier alpha value is -1.64. The predicted molar refractivity (Wildman–Crippen MR) is 94.8 cm³/mol. The van der Waals surface area contributed by atoms with E-state index in [4.69, 9.17) is 9.47 Å². The summed E-state index contributed by atoms with van der Waals surface area (Å²) in [6.45, 7) is 1.87. The van der Waals surface area contributed by atoms with Crippen LogP contribution in [0.3, 0.4) is 0 Å². The molecule has 0 bridgehead atoms. The van der Waals surface area contributed by atoms with Crippen molar-refractivity contribution in [1.29, 1.82) is 0 Å². The number of ether oxygens (including phenoxy) is 2. The molecular formula is C17H24N2O5S. The predicted octanol–water partition coefficient (Wildman–Crippen LogP) is 0.455. The molecule has 2 atom stereocenters. The number of nitrogens with zero attached hydrogens (tertiary/aromatic N) is 1. The molecule has 2 aliphatic heterocycles. The number of nitrogens with one attached hydrogen (secondary N) is 1. The van der Waals surface area contributed by atoms with Crippen LogP contribution in [0.5, 0.6) is 0 Å². The van der Waals surface area contributed by atoms with Gasteiger partial charge in [0.15, 0.2) is 9.84 Å². The van der Waals surface area contributed by atoms with Gasteiger partial charge in [0.25, 0.3) is 5.91 Å². The summed E-state index contributed by atoms with van der Waals surface area (Å²) in [6.07, 6.45) is 0.541. The summed E-state index contributed by atoms with van der Waals surface area (Å²) in [6, 6.07) is 7.22. The van der Waals surface area contributed by atoms with Gasteiger partial charge in [0.2, 0.25) is 0 Å². The van der Waals surface area contributed by atoms with Crippen molar-refractivity contribution >= 4 is 21.4 Å². The summed E-state index contributed by atoms with van der Waals surface area (Å²) in [5.74, 6) is 0.0709. The molecule has 25 heavy (non-hydrogen) atoms. The lowest BCUT2D eigenvalue weighted by Crippen LogP contribution is -2.50. The minimum Gasteiger partial charge on any atom is -0.379 e. The smallest absolute Gasteiger partial charge is 0.253 e. The molecule has 1 N–H and O–H groups in total. The van der Waals surface area contributed by atoms with Gasteiger partial charge in [-0.15, -0.1) is 0 Å². The zero-order chi connectivity index (χ0) is 17.9. The fraction of sp³-hybridized carbons (Fsp3) is 0.588. The number of anilines is 1. The van der Waals surface area contributed by atoms with E-state index in [2.05, 4.69) is 5.32 Å². The first kappa shape index (κ1) is 18.2. The van der Waals surface area contributed by atoms with Crippen molar-refractivity contribution in [2.75, 3.05) is 49.8 Å². The summed E-state index contributed by atoms with van der Waals surface area (Å²) in [5, 5.41) is 3.04. The van der Waals surface area contributed by atoms with Crippen molar-refractivity contribution in [3.8, 4) is 0 Å². The van der Waals surface area contributed by atoms with E-state index in [0.29, 0.717) is 38.3 Å². The maximum absolute atomic E-state index is 12.8. The third-order valence-electron chi connectivity index (χ3n) is 4.76. The van der Waals surface area contributed by atoms with Crippen LogP contribution in [0.4, 0.5) is 5.69 Å². The highest BCUT2D eigenvalue weighted by Crippen LogP contribution is 2.23. The van der Waals surface area contributed by atoms with Gasteiger partial charge in [0.1, 0.15) is 6.10 Å². The molecule has 0 aliphatic carbocycles. The number of benzene rings is 1. The highest BCUT2D eigenvalue weighted by Gasteiger charge is 2.29. The number of amides is 1. The Morgan fingerprint density at radius 1 is 1.28 bits per heavy atom. The maximum atomic E-state index is 12.8. The molecule has 2 saturated heterocycles. The number of sulfone groups is 1. The zero-order valence-electron chi connectivity index (χ0n) is 14.3. The van der Waals surface area contributed by atoms with Crippen LogP contribution in [0.2, 0.25) is 0 Å². The molecule has 0 unspecified atom stereocenters. The molecule has 1 aromatic carbocycles. The summed E-state index contributed by atoms with van der Waals surface area (Å²) in [7, 11) is -1.35. The largest absolute Gasteiger partial charge is 0.379 e. The quantitative estimate of drug-likeness (QED) is 0.831. The fourth-order valence-electron chi connectivity index (χ4n) is 3.25. The number of carbonyl (C=O) groups is 1. The van der Waals surface area contributed by atoms with Crippen LogP contribution in [0.1, 0.15) is 16.8 Å². The Balaban J connectivity index is 1.75. The molecule has 3 rings (SSSR count). The number of methoxy groups -OCH3 is 1. The van der Waals surface area contributed by atoms with Crippen molar-refractivity contribution in [3.05, 3.63) is 29.8 Å². The molecule has 2 fully saturated rings. The first-order valence-electron chi connectivity index (χ1n) is 8.46. The molecule has 1 amide bonds. The second kappa shape index (κ2) is 7.72. The van der Waals surface area contributed by atoms with Gasteiger partial charge in [0, 0.05) is 32.5 Å². The van der Waals surface area contributed by atoms with Gasteiger partial charge in [-0.1, -0.05) is 12.1 Å². The lowest BCUT2D eigenvalue weighted by Gasteiger charge is -2.33. The van der Waals surface area contributed by atoms with E-state index in [1.54, 1.807) is 13.2 Å². The van der Waals surface area contributed by atoms with Crippen molar-refractivity contribution in [3.63, 3.8) is 0 Å². The van der Waals surface area contributed by atoms with E-state index >= 15 is 0 Å². The Morgan fingerprint density at radius 3 is 2.72 bits per heavy atom. The molecule has 8 heteroatoms. The lowest BCUT2D eigenvalue weighted by atomic mass is 10.0. The van der Waals surface area contributed by atoms with Crippen molar-refractivity contribution in [2.24, 2.45) is 0 Å². The molecule has 0 radical (unpaired) electrons. The first-order valence-corrected chi connectivity index (χ1v) is 10.3. The Morgan fingerprint density at radius 2 is 2.00 bits per heavy atom. The fourth-order valence-corrected chi connectivity index (χ4v) is 4.45. The number of para-hydroxylation sites is 1. The molecular weight excluding hydrogens is 344 g/mol. The standard InChI is InChI=1S/C17H24N2O5S/c1-23-16-12-24-9-6-14(16)18-17(20)13-4-2-3-5-15(13)19-7-10-25(21,22)11-8-19/h2-5,14,16H,6-12H2,1H3,(H,18,20)/t14-,16-/m1/s1. The van der Waals surface area contributed by atoms with Crippen LogP contribution in [0.15, 0.2) is 24.3 Å². The van der Waals surface area contributed by atoms with Crippen LogP contribution in [-0.2, 0) is 19.3 Å². The average Bonchev–Trinajstić information content (AvgIpc) is 2.62. The third-order valence-corrected chi connectivity index (χ3v) is 6.37. The summed E-state index contributed by atoms with van der Waals surface area (Å²) < 4.78 is 34.1. The Labute approximate surface area is 148 Å². The second-order valence-electron chi connectivity index (χ2n) is 6.37. The van der Waals surface area contributed by atoms with E-state index in [0.717, 1.165) is 5.69 Å². The average molecular weight is 368 g/mol. The number of hydrogen-bond acceptors (Lipinski definition) is 6. The summed E-state index contributed by atoms with van der Waals surface area (Å²) in [4.78, 5) is 14.8. The first-order chi connectivity index (χ1) is 12.0. The van der Waals surface area contributed by atoms with E-state index in [9.17, 15) is 13.2 Å². The Kier molecular flexibility index (Phi) is 5.61. The minimum absolute atomic E-state index is 0.0963. The molecule has 0 saturated carbocycles. The van der Waals surface area contributed by atoms with Crippen LogP contribution in [-0.4, -0.2) is 71.4 Å². The van der Waals surface area contributed by atoms with E-state index in [1.165, 1.54) is 0 Å². The van der Waals surface area contributed by atoms with E-state index in [1.807, 2.05) is 23.1 Å². The second-order valence-corrected chi connectivity index (χ2v) is 8.68. The van der Waals surface area contributed by atoms with E-state index < -0.39 is 9.84 Å². The van der Waals surface area contributed by atoms with Crippen molar-refractivity contribution < 1.29 is 22.7 Å². The highest BCUT2D eigenvalue weighted by molar-refractivity contribution is 7.91. The van der Waals surface area contributed by atoms with Crippen LogP contribution >= 0.6 is 0 Å². The van der Waals surface area contributed by atoms with Gasteiger partial charge < -0.3 is 19.7 Å². The molecule has 7 nitrogen and oxygen atoms in total. The third kappa shape index (κ3) is 4.31. The van der Waals surface area contributed by atoms with Gasteiger partial charge in [-0.2, -0.15) is 0 Å². The molecule has 2 aliphatic rings. The van der Waals surface area contributed by atoms with Gasteiger partial charge in [-0.3, -0.25) is 4.79 Å². The topological polar surface area (TPSA) is 84.9 Å². The lowest BCUT2D eigenvalue weighted by molar-refractivity contribution is -0.0479. The maximum Gasteiger partial charge on any atom is 0.253 e. The highest BCUT2D eigenvalue weighted by atomic mass is 32.2. The molecule has 1 aromatic rings. The van der Waals surface area contributed by atoms with Crippen molar-refractivity contribution in [1.82, 2.24) is 5.32 Å². The monoisotopic (exact) mass is 368 g/mol. The van der Waals surface area contributed by atoms with Crippen LogP contribution < -0.4 is 10.2 Å². The van der Waals surface area contributed by atoms with Gasteiger partial charge in [0.05, 0.1) is 29.7 Å². The summed E-state index contributed by atoms with van der Waals surface area (Å²) in [5.41, 5.74) is 1.33. The molecule has 0 aromatic heterocycles. The molecule has 2 heterocycles. The van der Waals surface area contributed by atoms with E-state index in [-0.39, 0.29) is 29.6 Å². The van der Waals surface area contributed by atoms with Crippen LogP contribution in [0.25, 0.3) is 0 Å². The van der Waals surface area contributed by atoms with Gasteiger partial charge in [-0.25, -0.2) is 8.42 Å². The van der Waals surface area contributed by atoms with Crippen molar-refractivity contribution in [2.45, 2.75) is 18.6 Å². The Bertz CT molecular complexity index is 708. The van der Waals surface area contributed by atoms with Gasteiger partial charge in [-0.05, 0) is 18.6 Å². The number of carbonyl (C=O) groups excluding carboxylic acids is 1. The van der Waals surface area contributed by atoms with Crippen LogP contribution in [0, 0.1) is 0 Å². The number of rotatable bonds is 4. The number of hydrogen-bond donors (Lipinski definition) is 1. The normalized spacial score (nSPS) is 26.2.